The van der Waals surface area contributed by atoms with Crippen LogP contribution in [-0.2, 0) is 0 Å². The number of H-pyrrole nitrogens is 2. The van der Waals surface area contributed by atoms with Crippen LogP contribution in [0, 0.1) is 6.92 Å². The Morgan fingerprint density at radius 2 is 1.90 bits per heavy atom. The maximum Gasteiger partial charge on any atom is 0.116 e. The summed E-state index contributed by atoms with van der Waals surface area (Å²) in [5.41, 5.74) is 9.14. The van der Waals surface area contributed by atoms with Crippen LogP contribution in [0.25, 0.3) is 35.3 Å². The first kappa shape index (κ1) is 28.9. The van der Waals surface area contributed by atoms with Gasteiger partial charge in [0.2, 0.25) is 0 Å². The van der Waals surface area contributed by atoms with Gasteiger partial charge in [-0.3, -0.25) is 10.1 Å². The number of aromatic nitrogens is 4. The monoisotopic (exact) mass is 538 g/mol. The van der Waals surface area contributed by atoms with E-state index in [4.69, 9.17) is 0 Å². The molecule has 0 atom stereocenters. The predicted molar refractivity (Wildman–Crippen MR) is 169 cm³/mol. The van der Waals surface area contributed by atoms with E-state index in [0.29, 0.717) is 0 Å². The van der Waals surface area contributed by atoms with E-state index in [1.165, 1.54) is 5.70 Å². The average molecular weight is 539 g/mol. The van der Waals surface area contributed by atoms with E-state index in [1.54, 1.807) is 0 Å². The van der Waals surface area contributed by atoms with Gasteiger partial charge in [0.25, 0.3) is 0 Å². The van der Waals surface area contributed by atoms with Crippen molar-refractivity contribution in [3.8, 4) is 11.4 Å². The molecule has 4 rings (SSSR count). The summed E-state index contributed by atoms with van der Waals surface area (Å²) < 4.78 is 0. The highest BCUT2D eigenvalue weighted by Crippen LogP contribution is 2.27. The van der Waals surface area contributed by atoms with Crippen LogP contribution >= 0.6 is 0 Å². The molecule has 8 heteroatoms. The van der Waals surface area contributed by atoms with Crippen molar-refractivity contribution in [1.82, 2.24) is 34.9 Å². The largest absolute Gasteiger partial charge is 0.368 e. The lowest BCUT2D eigenvalue weighted by molar-refractivity contribution is 0.207. The van der Waals surface area contributed by atoms with Gasteiger partial charge in [-0.25, -0.2) is 0 Å². The first-order chi connectivity index (χ1) is 19.2. The van der Waals surface area contributed by atoms with Gasteiger partial charge in [-0.1, -0.05) is 31.9 Å². The summed E-state index contributed by atoms with van der Waals surface area (Å²) in [6, 6.07) is 4.25. The molecule has 0 saturated carbocycles. The zero-order chi connectivity index (χ0) is 28.8. The van der Waals surface area contributed by atoms with E-state index >= 15 is 0 Å². The molecule has 0 unspecified atom stereocenters. The van der Waals surface area contributed by atoms with Crippen LogP contribution in [0.5, 0.6) is 0 Å². The van der Waals surface area contributed by atoms with Crippen molar-refractivity contribution < 1.29 is 0 Å². The minimum Gasteiger partial charge on any atom is -0.368 e. The third kappa shape index (κ3) is 6.89. The lowest BCUT2D eigenvalue weighted by atomic mass is 10.1. The minimum absolute atomic E-state index is 0.755. The smallest absolute Gasteiger partial charge is 0.116 e. The molecule has 3 aromatic rings. The first-order valence-electron chi connectivity index (χ1n) is 13.6. The summed E-state index contributed by atoms with van der Waals surface area (Å²) >= 11 is 0. The van der Waals surface area contributed by atoms with Crippen molar-refractivity contribution in [2.24, 2.45) is 0 Å². The summed E-state index contributed by atoms with van der Waals surface area (Å²) in [5.74, 6) is 0. The van der Waals surface area contributed by atoms with Gasteiger partial charge >= 0.3 is 0 Å². The van der Waals surface area contributed by atoms with E-state index in [-0.39, 0.29) is 0 Å². The average Bonchev–Trinajstić information content (AvgIpc) is 3.47. The Morgan fingerprint density at radius 1 is 1.15 bits per heavy atom. The van der Waals surface area contributed by atoms with Crippen molar-refractivity contribution >= 4 is 29.6 Å². The third-order valence-corrected chi connectivity index (χ3v) is 7.09. The Balaban J connectivity index is 1.56. The molecule has 8 nitrogen and oxygen atoms in total. The Bertz CT molecular complexity index is 1530. The lowest BCUT2D eigenvalue weighted by Crippen LogP contribution is -2.43. The van der Waals surface area contributed by atoms with Gasteiger partial charge in [0.15, 0.2) is 0 Å². The number of likely N-dealkylation sites (N-methyl/N-ethyl adjacent to an activating group) is 2. The highest BCUT2D eigenvalue weighted by atomic mass is 15.3. The second kappa shape index (κ2) is 12.8. The van der Waals surface area contributed by atoms with Crippen molar-refractivity contribution in [3.05, 3.63) is 89.0 Å². The molecule has 4 heterocycles. The summed E-state index contributed by atoms with van der Waals surface area (Å²) in [6.07, 6.45) is 11.7. The third-order valence-electron chi connectivity index (χ3n) is 7.09. The maximum absolute atomic E-state index is 4.61. The molecule has 1 aliphatic heterocycles. The molecule has 3 aromatic heterocycles. The quantitative estimate of drug-likeness (QED) is 0.342. The Kier molecular flexibility index (Phi) is 9.24. The summed E-state index contributed by atoms with van der Waals surface area (Å²) in [4.78, 5) is 14.8. The van der Waals surface area contributed by atoms with Gasteiger partial charge in [0.05, 0.1) is 22.9 Å². The number of rotatable bonds is 10. The highest BCUT2D eigenvalue weighted by Gasteiger charge is 2.20. The van der Waals surface area contributed by atoms with Gasteiger partial charge in [-0.05, 0) is 70.4 Å². The van der Waals surface area contributed by atoms with Crippen molar-refractivity contribution in [1.29, 1.82) is 0 Å². The molecule has 0 spiro atoms. The molecule has 0 radical (unpaired) electrons. The van der Waals surface area contributed by atoms with Crippen LogP contribution in [0.4, 0.5) is 5.69 Å². The predicted octanol–water partition coefficient (Wildman–Crippen LogP) is 3.66. The molecule has 1 aliphatic rings. The van der Waals surface area contributed by atoms with Crippen LogP contribution < -0.4 is 15.9 Å². The molecule has 40 heavy (non-hydrogen) atoms. The number of allylic oxidation sites excluding steroid dienone is 4. The minimum atomic E-state index is 0.755. The number of hydrogen-bond donors (Lipinski definition) is 3. The molecule has 0 amide bonds. The Labute approximate surface area is 237 Å². The van der Waals surface area contributed by atoms with E-state index in [2.05, 4.69) is 105 Å². The van der Waals surface area contributed by atoms with Crippen LogP contribution in [0.15, 0.2) is 61.6 Å². The number of anilines is 1. The molecule has 0 aliphatic carbocycles. The normalized spacial score (nSPS) is 15.7. The lowest BCUT2D eigenvalue weighted by Gasteiger charge is -2.35. The topological polar surface area (TPSA) is 79.1 Å². The van der Waals surface area contributed by atoms with Crippen LogP contribution in [-0.4, -0.2) is 88.7 Å². The van der Waals surface area contributed by atoms with Crippen molar-refractivity contribution in [2.45, 2.75) is 13.8 Å². The molecule has 3 N–H and O–H groups in total. The SMILES string of the molecule is C=C/C=C(\c1cc(-c2n[nH]/c(=C/C=C(\C)c3cncc(NC(=C)CN(C)C)c3)c2=C)[nH]c1C)N1CCN(C)CC1. The van der Waals surface area contributed by atoms with Gasteiger partial charge in [-0.15, -0.1) is 0 Å². The number of aromatic amines is 2. The number of nitrogens with zero attached hydrogens (tertiary/aromatic N) is 5. The maximum atomic E-state index is 4.61. The molecule has 0 aromatic carbocycles. The fourth-order valence-corrected chi connectivity index (χ4v) is 4.87. The number of pyridine rings is 1. The Morgan fingerprint density at radius 3 is 2.60 bits per heavy atom. The number of aryl methyl sites for hydroxylation is 1. The van der Waals surface area contributed by atoms with E-state index in [0.717, 1.165) is 88.5 Å². The van der Waals surface area contributed by atoms with E-state index in [9.17, 15) is 0 Å². The fraction of sp³-hybridized carbons (Fsp3) is 0.312. The second-order valence-electron chi connectivity index (χ2n) is 10.7. The summed E-state index contributed by atoms with van der Waals surface area (Å²) in [6.45, 7) is 21.4. The molecule has 1 saturated heterocycles. The van der Waals surface area contributed by atoms with Crippen molar-refractivity contribution in [3.63, 3.8) is 0 Å². The first-order valence-corrected chi connectivity index (χ1v) is 13.6. The van der Waals surface area contributed by atoms with E-state index < -0.39 is 0 Å². The van der Waals surface area contributed by atoms with Gasteiger partial charge < -0.3 is 25.0 Å². The molecule has 0 bridgehead atoms. The number of nitrogens with one attached hydrogen (secondary N) is 3. The molecular weight excluding hydrogens is 496 g/mol. The second-order valence-corrected chi connectivity index (χ2v) is 10.7. The Hall–Kier alpha value is -4.14. The summed E-state index contributed by atoms with van der Waals surface area (Å²) in [5, 5.41) is 12.8. The van der Waals surface area contributed by atoms with Crippen molar-refractivity contribution in [2.75, 3.05) is 59.2 Å². The molecule has 1 fully saturated rings. The van der Waals surface area contributed by atoms with Crippen LogP contribution in [0.1, 0.15) is 23.7 Å². The highest BCUT2D eigenvalue weighted by molar-refractivity contribution is 5.74. The molecule has 210 valence electrons. The molecular formula is C32H42N8. The van der Waals surface area contributed by atoms with Crippen LogP contribution in [0.3, 0.4) is 0 Å². The van der Waals surface area contributed by atoms with Gasteiger partial charge in [0.1, 0.15) is 5.69 Å². The standard InChI is InChI=1S/C32H42N8/c1-9-10-31(40-15-13-39(8)14-16-40)28-18-30(35-25(28)5)32-24(4)29(36-37-32)12-11-22(2)26-17-27(20-33-19-26)34-23(3)21-38(6)7/h9-12,17-20,34-36H,1,3-4,13-16,21H2,2,5-8H3/b22-11+,29-12+,31-10+. The van der Waals surface area contributed by atoms with Gasteiger partial charge in [0, 0.05) is 66.8 Å². The zero-order valence-electron chi connectivity index (χ0n) is 24.5. The summed E-state index contributed by atoms with van der Waals surface area (Å²) in [7, 11) is 6.20. The van der Waals surface area contributed by atoms with Gasteiger partial charge in [-0.2, -0.15) is 5.10 Å². The van der Waals surface area contributed by atoms with Crippen LogP contribution in [0.2, 0.25) is 0 Å². The number of piperazine rings is 1. The van der Waals surface area contributed by atoms with E-state index in [1.807, 2.05) is 38.6 Å². The zero-order valence-corrected chi connectivity index (χ0v) is 24.5. The fourth-order valence-electron chi connectivity index (χ4n) is 4.87. The number of hydrogen-bond acceptors (Lipinski definition) is 6.